The molecule has 2 amide bonds. The Bertz CT molecular complexity index is 1390. The topological polar surface area (TPSA) is 105 Å². The monoisotopic (exact) mass is 458 g/mol. The van der Waals surface area contributed by atoms with Crippen molar-refractivity contribution in [2.75, 3.05) is 17.7 Å². The van der Waals surface area contributed by atoms with Crippen molar-refractivity contribution in [3.05, 3.63) is 78.0 Å². The van der Waals surface area contributed by atoms with Crippen molar-refractivity contribution in [1.82, 2.24) is 9.78 Å². The lowest BCUT2D eigenvalue weighted by molar-refractivity contribution is 0.0696. The van der Waals surface area contributed by atoms with Crippen LogP contribution in [-0.4, -0.2) is 34.0 Å². The third-order valence-electron chi connectivity index (χ3n) is 5.41. The molecule has 0 atom stereocenters. The van der Waals surface area contributed by atoms with Crippen LogP contribution in [0.4, 0.5) is 16.3 Å². The molecule has 8 heteroatoms. The van der Waals surface area contributed by atoms with E-state index < -0.39 is 12.0 Å². The summed E-state index contributed by atoms with van der Waals surface area (Å²) < 4.78 is 6.97. The molecule has 0 spiro atoms. The number of urea groups is 1. The third kappa shape index (κ3) is 4.56. The van der Waals surface area contributed by atoms with E-state index in [4.69, 9.17) is 4.74 Å². The minimum Gasteiger partial charge on any atom is -0.496 e. The fourth-order valence-electron chi connectivity index (χ4n) is 3.63. The van der Waals surface area contributed by atoms with Gasteiger partial charge in [0.1, 0.15) is 11.6 Å². The van der Waals surface area contributed by atoms with Gasteiger partial charge in [0, 0.05) is 22.3 Å². The molecule has 1 aromatic heterocycles. The highest BCUT2D eigenvalue weighted by molar-refractivity contribution is 6.07. The zero-order chi connectivity index (χ0) is 24.5. The van der Waals surface area contributed by atoms with Gasteiger partial charge < -0.3 is 15.2 Å². The quantitative estimate of drug-likeness (QED) is 0.357. The fraction of sp³-hybridized carbons (Fsp3) is 0.192. The SMILES string of the molecule is COc1ccc(NC(=O)Nc2cc(C(C)(C)C)nn2-c2cccc(C(=O)O)c2)c2ccccc12. The minimum atomic E-state index is -1.04. The largest absolute Gasteiger partial charge is 0.496 e. The lowest BCUT2D eigenvalue weighted by atomic mass is 9.92. The molecule has 0 bridgehead atoms. The molecular weight excluding hydrogens is 432 g/mol. The number of carboxylic acid groups (broad SMARTS) is 1. The Kier molecular flexibility index (Phi) is 5.98. The highest BCUT2D eigenvalue weighted by atomic mass is 16.5. The smallest absolute Gasteiger partial charge is 0.335 e. The van der Waals surface area contributed by atoms with Crippen LogP contribution in [0.25, 0.3) is 16.5 Å². The number of benzene rings is 3. The number of fused-ring (bicyclic) bond motifs is 1. The number of aromatic carboxylic acids is 1. The van der Waals surface area contributed by atoms with Gasteiger partial charge in [0.05, 0.1) is 29.7 Å². The molecule has 0 aliphatic carbocycles. The van der Waals surface area contributed by atoms with Crippen LogP contribution in [0, 0.1) is 0 Å². The Morgan fingerprint density at radius 1 is 0.941 bits per heavy atom. The first-order chi connectivity index (χ1) is 16.2. The predicted molar refractivity (Wildman–Crippen MR) is 132 cm³/mol. The fourth-order valence-corrected chi connectivity index (χ4v) is 3.63. The second-order valence-electron chi connectivity index (χ2n) is 8.87. The van der Waals surface area contributed by atoms with E-state index in [2.05, 4.69) is 15.7 Å². The molecule has 3 aromatic carbocycles. The third-order valence-corrected chi connectivity index (χ3v) is 5.41. The normalized spacial score (nSPS) is 11.3. The van der Waals surface area contributed by atoms with Crippen LogP contribution in [0.3, 0.4) is 0 Å². The molecule has 8 nitrogen and oxygen atoms in total. The zero-order valence-corrected chi connectivity index (χ0v) is 19.4. The molecule has 3 N–H and O–H groups in total. The van der Waals surface area contributed by atoms with Gasteiger partial charge in [0.25, 0.3) is 0 Å². The molecule has 0 fully saturated rings. The first kappa shape index (κ1) is 22.8. The number of carboxylic acids is 1. The highest BCUT2D eigenvalue weighted by Crippen LogP contribution is 2.32. The maximum atomic E-state index is 13.0. The average Bonchev–Trinajstić information content (AvgIpc) is 3.23. The van der Waals surface area contributed by atoms with Crippen molar-refractivity contribution >= 4 is 34.3 Å². The van der Waals surface area contributed by atoms with Crippen LogP contribution < -0.4 is 15.4 Å². The number of carbonyl (C=O) groups excluding carboxylic acids is 1. The van der Waals surface area contributed by atoms with Gasteiger partial charge in [-0.1, -0.05) is 51.1 Å². The maximum absolute atomic E-state index is 13.0. The number of nitrogens with one attached hydrogen (secondary N) is 2. The molecule has 4 aromatic rings. The number of aromatic nitrogens is 2. The van der Waals surface area contributed by atoms with E-state index in [0.29, 0.717) is 22.9 Å². The molecule has 0 aliphatic heterocycles. The van der Waals surface area contributed by atoms with E-state index in [1.165, 1.54) is 12.1 Å². The first-order valence-electron chi connectivity index (χ1n) is 10.8. The van der Waals surface area contributed by atoms with Gasteiger partial charge in [-0.15, -0.1) is 0 Å². The van der Waals surface area contributed by atoms with Gasteiger partial charge in [0.2, 0.25) is 0 Å². The van der Waals surface area contributed by atoms with Crippen LogP contribution in [0.1, 0.15) is 36.8 Å². The van der Waals surface area contributed by atoms with E-state index in [9.17, 15) is 14.7 Å². The molecule has 0 radical (unpaired) electrons. The highest BCUT2D eigenvalue weighted by Gasteiger charge is 2.22. The van der Waals surface area contributed by atoms with E-state index >= 15 is 0 Å². The summed E-state index contributed by atoms with van der Waals surface area (Å²) in [5, 5.41) is 21.5. The van der Waals surface area contributed by atoms with Crippen molar-refractivity contribution in [3.63, 3.8) is 0 Å². The Morgan fingerprint density at radius 2 is 1.68 bits per heavy atom. The molecule has 0 unspecified atom stereocenters. The van der Waals surface area contributed by atoms with Crippen molar-refractivity contribution in [1.29, 1.82) is 0 Å². The summed E-state index contributed by atoms with van der Waals surface area (Å²) in [6.45, 7) is 6.04. The van der Waals surface area contributed by atoms with Crippen LogP contribution >= 0.6 is 0 Å². The van der Waals surface area contributed by atoms with E-state index in [1.54, 1.807) is 42.1 Å². The molecule has 174 valence electrons. The lowest BCUT2D eigenvalue weighted by Gasteiger charge is -2.14. The molecule has 0 aliphatic rings. The Morgan fingerprint density at radius 3 is 2.35 bits per heavy atom. The lowest BCUT2D eigenvalue weighted by Crippen LogP contribution is -2.21. The number of nitrogens with zero attached hydrogens (tertiary/aromatic N) is 2. The van der Waals surface area contributed by atoms with Crippen LogP contribution in [0.15, 0.2) is 66.7 Å². The minimum absolute atomic E-state index is 0.130. The summed E-state index contributed by atoms with van der Waals surface area (Å²) in [7, 11) is 1.61. The number of ether oxygens (including phenoxy) is 1. The van der Waals surface area contributed by atoms with Gasteiger partial charge in [-0.3, -0.25) is 5.32 Å². The van der Waals surface area contributed by atoms with Crippen molar-refractivity contribution < 1.29 is 19.4 Å². The van der Waals surface area contributed by atoms with E-state index in [-0.39, 0.29) is 11.0 Å². The summed E-state index contributed by atoms with van der Waals surface area (Å²) in [5.41, 5.74) is 1.75. The number of anilines is 2. The Hall–Kier alpha value is -4.33. The molecule has 4 rings (SSSR count). The summed E-state index contributed by atoms with van der Waals surface area (Å²) in [5.74, 6) is 0.0965. The summed E-state index contributed by atoms with van der Waals surface area (Å²) >= 11 is 0. The van der Waals surface area contributed by atoms with Gasteiger partial charge in [-0.25, -0.2) is 14.3 Å². The van der Waals surface area contributed by atoms with Gasteiger partial charge in [-0.05, 0) is 30.3 Å². The number of carbonyl (C=O) groups is 2. The van der Waals surface area contributed by atoms with Crippen molar-refractivity contribution in [2.45, 2.75) is 26.2 Å². The number of amides is 2. The standard InChI is InChI=1S/C26H26N4O4/c1-26(2,3)22-15-23(30(29-22)17-9-7-8-16(14-17)24(31)32)28-25(33)27-20-12-13-21(34-4)19-11-6-5-10-18(19)20/h5-15H,1-4H3,(H,31,32)(H2,27,28,33). The Balaban J connectivity index is 1.68. The summed E-state index contributed by atoms with van der Waals surface area (Å²) in [4.78, 5) is 24.5. The van der Waals surface area contributed by atoms with Crippen LogP contribution in [-0.2, 0) is 5.41 Å². The van der Waals surface area contributed by atoms with Crippen molar-refractivity contribution in [3.8, 4) is 11.4 Å². The summed E-state index contributed by atoms with van der Waals surface area (Å²) in [6, 6.07) is 19.0. The predicted octanol–water partition coefficient (Wildman–Crippen LogP) is 5.67. The second kappa shape index (κ2) is 8.90. The number of hydrogen-bond acceptors (Lipinski definition) is 4. The summed E-state index contributed by atoms with van der Waals surface area (Å²) in [6.07, 6.45) is 0. The zero-order valence-electron chi connectivity index (χ0n) is 19.4. The van der Waals surface area contributed by atoms with Crippen LogP contribution in [0.5, 0.6) is 5.75 Å². The van der Waals surface area contributed by atoms with Gasteiger partial charge >= 0.3 is 12.0 Å². The maximum Gasteiger partial charge on any atom is 0.335 e. The molecule has 1 heterocycles. The first-order valence-corrected chi connectivity index (χ1v) is 10.8. The molecule has 34 heavy (non-hydrogen) atoms. The Labute approximate surface area is 197 Å². The van der Waals surface area contributed by atoms with E-state index in [0.717, 1.165) is 16.5 Å². The number of methoxy groups -OCH3 is 1. The molecular formula is C26H26N4O4. The molecule has 0 saturated heterocycles. The van der Waals surface area contributed by atoms with Crippen LogP contribution in [0.2, 0.25) is 0 Å². The van der Waals surface area contributed by atoms with Gasteiger partial charge in [-0.2, -0.15) is 5.10 Å². The number of rotatable bonds is 5. The number of hydrogen-bond donors (Lipinski definition) is 3. The van der Waals surface area contributed by atoms with Gasteiger partial charge in [0.15, 0.2) is 0 Å². The average molecular weight is 459 g/mol. The molecule has 0 saturated carbocycles. The second-order valence-corrected chi connectivity index (χ2v) is 8.87. The van der Waals surface area contributed by atoms with Crippen molar-refractivity contribution in [2.24, 2.45) is 0 Å². The van der Waals surface area contributed by atoms with E-state index in [1.807, 2.05) is 45.0 Å².